The number of hydrogen-bond donors (Lipinski definition) is 3. The van der Waals surface area contributed by atoms with E-state index in [9.17, 15) is 0 Å². The molecule has 1 aromatic rings. The first kappa shape index (κ1) is 6.98. The molecule has 0 saturated carbocycles. The summed E-state index contributed by atoms with van der Waals surface area (Å²) >= 11 is 0. The van der Waals surface area contributed by atoms with Gasteiger partial charge in [0, 0.05) is 6.20 Å². The molecular weight excluding hydrogens is 134 g/mol. The van der Waals surface area contributed by atoms with Crippen LogP contribution in [0.5, 0.6) is 5.75 Å². The maximum atomic E-state index is 8.90. The second-order valence-corrected chi connectivity index (χ2v) is 1.81. The SMILES string of the molecule is Oc1cnccc1C(O)O. The van der Waals surface area contributed by atoms with Crippen molar-refractivity contribution in [3.8, 4) is 5.75 Å². The number of rotatable bonds is 1. The van der Waals surface area contributed by atoms with Gasteiger partial charge in [-0.1, -0.05) is 0 Å². The summed E-state index contributed by atoms with van der Waals surface area (Å²) in [6.45, 7) is 0. The van der Waals surface area contributed by atoms with Crippen LogP contribution in [0.25, 0.3) is 0 Å². The molecule has 0 spiro atoms. The molecular formula is C6H7NO3. The quantitative estimate of drug-likeness (QED) is 0.472. The van der Waals surface area contributed by atoms with Crippen LogP contribution < -0.4 is 0 Å². The summed E-state index contributed by atoms with van der Waals surface area (Å²) in [5.74, 6) is -0.211. The van der Waals surface area contributed by atoms with Crippen LogP contribution in [-0.4, -0.2) is 20.3 Å². The van der Waals surface area contributed by atoms with E-state index in [1.807, 2.05) is 0 Å². The predicted molar refractivity (Wildman–Crippen MR) is 33.1 cm³/mol. The van der Waals surface area contributed by atoms with E-state index in [0.29, 0.717) is 0 Å². The highest BCUT2D eigenvalue weighted by molar-refractivity contribution is 5.28. The Hall–Kier alpha value is -1.13. The summed E-state index contributed by atoms with van der Waals surface area (Å²) in [6.07, 6.45) is 0.881. The number of aromatic hydroxyl groups is 1. The first-order valence-electron chi connectivity index (χ1n) is 2.71. The fourth-order valence-electron chi connectivity index (χ4n) is 0.615. The third kappa shape index (κ3) is 1.23. The second-order valence-electron chi connectivity index (χ2n) is 1.81. The van der Waals surface area contributed by atoms with Gasteiger partial charge in [-0.2, -0.15) is 0 Å². The Morgan fingerprint density at radius 3 is 2.50 bits per heavy atom. The lowest BCUT2D eigenvalue weighted by Gasteiger charge is -2.03. The fraction of sp³-hybridized carbons (Fsp3) is 0.167. The molecule has 1 rings (SSSR count). The Bertz CT molecular complexity index is 224. The molecule has 0 unspecified atom stereocenters. The highest BCUT2D eigenvalue weighted by Gasteiger charge is 2.06. The summed E-state index contributed by atoms with van der Waals surface area (Å²) in [4.78, 5) is 3.56. The highest BCUT2D eigenvalue weighted by atomic mass is 16.5. The number of aliphatic hydroxyl groups is 2. The molecule has 0 bridgehead atoms. The van der Waals surface area contributed by atoms with Gasteiger partial charge in [-0.25, -0.2) is 0 Å². The van der Waals surface area contributed by atoms with Gasteiger partial charge in [-0.15, -0.1) is 0 Å². The van der Waals surface area contributed by atoms with Crippen molar-refractivity contribution in [3.63, 3.8) is 0 Å². The van der Waals surface area contributed by atoms with E-state index in [-0.39, 0.29) is 11.3 Å². The monoisotopic (exact) mass is 141 g/mol. The molecule has 0 radical (unpaired) electrons. The number of pyridine rings is 1. The van der Waals surface area contributed by atoms with Crippen LogP contribution in [0.15, 0.2) is 18.5 Å². The Morgan fingerprint density at radius 1 is 1.40 bits per heavy atom. The molecule has 4 heteroatoms. The van der Waals surface area contributed by atoms with Crippen molar-refractivity contribution in [1.29, 1.82) is 0 Å². The minimum Gasteiger partial charge on any atom is -0.506 e. The molecule has 0 amide bonds. The van der Waals surface area contributed by atoms with Gasteiger partial charge in [0.25, 0.3) is 0 Å². The van der Waals surface area contributed by atoms with Crippen LogP contribution in [0, 0.1) is 0 Å². The Balaban J connectivity index is 3.03. The van der Waals surface area contributed by atoms with Crippen LogP contribution in [0.4, 0.5) is 0 Å². The van der Waals surface area contributed by atoms with Crippen molar-refractivity contribution in [1.82, 2.24) is 4.98 Å². The van der Waals surface area contributed by atoms with Gasteiger partial charge in [0.15, 0.2) is 6.29 Å². The molecule has 0 aliphatic heterocycles. The molecule has 4 nitrogen and oxygen atoms in total. The lowest BCUT2D eigenvalue weighted by Crippen LogP contribution is -1.94. The maximum Gasteiger partial charge on any atom is 0.182 e. The molecule has 0 aliphatic rings. The van der Waals surface area contributed by atoms with E-state index in [4.69, 9.17) is 15.3 Å². The largest absolute Gasteiger partial charge is 0.506 e. The molecule has 0 saturated heterocycles. The minimum atomic E-state index is -1.64. The Labute approximate surface area is 57.4 Å². The standard InChI is InChI=1S/C6H7NO3/c8-5-3-7-2-1-4(5)6(9)10/h1-3,6,8-10H. The van der Waals surface area contributed by atoms with Crippen LogP contribution in [0.1, 0.15) is 11.9 Å². The summed E-state index contributed by atoms with van der Waals surface area (Å²) in [5.41, 5.74) is 0.0648. The Morgan fingerprint density at radius 2 is 2.10 bits per heavy atom. The van der Waals surface area contributed by atoms with Crippen LogP contribution in [0.2, 0.25) is 0 Å². The lowest BCUT2D eigenvalue weighted by atomic mass is 10.2. The average molecular weight is 141 g/mol. The van der Waals surface area contributed by atoms with E-state index < -0.39 is 6.29 Å². The van der Waals surface area contributed by atoms with Crippen molar-refractivity contribution >= 4 is 0 Å². The molecule has 54 valence electrons. The average Bonchev–Trinajstić information content (AvgIpc) is 1.88. The Kier molecular flexibility index (Phi) is 1.84. The highest BCUT2D eigenvalue weighted by Crippen LogP contribution is 2.19. The summed E-state index contributed by atoms with van der Waals surface area (Å²) < 4.78 is 0. The van der Waals surface area contributed by atoms with E-state index in [1.54, 1.807) is 0 Å². The third-order valence-corrected chi connectivity index (χ3v) is 1.11. The summed E-state index contributed by atoms with van der Waals surface area (Å²) in [7, 11) is 0. The fourth-order valence-corrected chi connectivity index (χ4v) is 0.615. The number of hydrogen-bond acceptors (Lipinski definition) is 4. The summed E-state index contributed by atoms with van der Waals surface area (Å²) in [6, 6.07) is 1.33. The zero-order chi connectivity index (χ0) is 7.56. The van der Waals surface area contributed by atoms with Crippen molar-refractivity contribution in [2.45, 2.75) is 6.29 Å². The minimum absolute atomic E-state index is 0.0648. The predicted octanol–water partition coefficient (Wildman–Crippen LogP) is -0.230. The normalized spacial score (nSPS) is 10.3. The summed E-state index contributed by atoms with van der Waals surface area (Å²) in [5, 5.41) is 26.0. The first-order valence-corrected chi connectivity index (χ1v) is 2.71. The molecule has 1 aromatic heterocycles. The molecule has 0 fully saturated rings. The molecule has 10 heavy (non-hydrogen) atoms. The topological polar surface area (TPSA) is 73.6 Å². The van der Waals surface area contributed by atoms with Crippen LogP contribution >= 0.6 is 0 Å². The van der Waals surface area contributed by atoms with E-state index in [0.717, 1.165) is 6.20 Å². The van der Waals surface area contributed by atoms with Crippen LogP contribution in [0.3, 0.4) is 0 Å². The second kappa shape index (κ2) is 2.64. The van der Waals surface area contributed by atoms with Gasteiger partial charge in [0.1, 0.15) is 5.75 Å². The molecule has 0 aliphatic carbocycles. The van der Waals surface area contributed by atoms with Crippen LogP contribution in [-0.2, 0) is 0 Å². The number of aliphatic hydroxyl groups excluding tert-OH is 1. The zero-order valence-electron chi connectivity index (χ0n) is 5.10. The molecule has 3 N–H and O–H groups in total. The van der Waals surface area contributed by atoms with E-state index in [2.05, 4.69) is 4.98 Å². The number of aromatic nitrogens is 1. The first-order chi connectivity index (χ1) is 4.72. The zero-order valence-corrected chi connectivity index (χ0v) is 5.10. The smallest absolute Gasteiger partial charge is 0.182 e. The van der Waals surface area contributed by atoms with E-state index >= 15 is 0 Å². The van der Waals surface area contributed by atoms with Gasteiger partial charge in [-0.05, 0) is 6.07 Å². The maximum absolute atomic E-state index is 8.90. The number of nitrogens with zero attached hydrogens (tertiary/aromatic N) is 1. The molecule has 0 atom stereocenters. The van der Waals surface area contributed by atoms with Gasteiger partial charge < -0.3 is 15.3 Å². The third-order valence-electron chi connectivity index (χ3n) is 1.11. The van der Waals surface area contributed by atoms with Crippen molar-refractivity contribution < 1.29 is 15.3 Å². The molecule has 0 aromatic carbocycles. The van der Waals surface area contributed by atoms with Crippen molar-refractivity contribution in [3.05, 3.63) is 24.0 Å². The molecule has 1 heterocycles. The van der Waals surface area contributed by atoms with Gasteiger partial charge in [0.2, 0.25) is 0 Å². The van der Waals surface area contributed by atoms with Gasteiger partial charge >= 0.3 is 0 Å². The van der Waals surface area contributed by atoms with Gasteiger partial charge in [-0.3, -0.25) is 4.98 Å². The van der Waals surface area contributed by atoms with Gasteiger partial charge in [0.05, 0.1) is 11.8 Å². The lowest BCUT2D eigenvalue weighted by molar-refractivity contribution is -0.0439. The van der Waals surface area contributed by atoms with Crippen molar-refractivity contribution in [2.24, 2.45) is 0 Å². The van der Waals surface area contributed by atoms with E-state index in [1.165, 1.54) is 12.3 Å². The van der Waals surface area contributed by atoms with Crippen molar-refractivity contribution in [2.75, 3.05) is 0 Å².